The molecule has 1 atom stereocenters. The monoisotopic (exact) mass is 307 g/mol. The third kappa shape index (κ3) is 3.24. The van der Waals surface area contributed by atoms with Gasteiger partial charge in [0.1, 0.15) is 5.75 Å². The summed E-state index contributed by atoms with van der Waals surface area (Å²) in [6.07, 6.45) is 3.59. The molecule has 1 amide bonds. The summed E-state index contributed by atoms with van der Waals surface area (Å²) in [7, 11) is 3.47. The molecular formula is C17H22ClNO2. The molecule has 0 fully saturated rings. The molecule has 0 saturated heterocycles. The Morgan fingerprint density at radius 3 is 2.81 bits per heavy atom. The molecule has 0 N–H and O–H groups in total. The van der Waals surface area contributed by atoms with Gasteiger partial charge in [-0.05, 0) is 43.9 Å². The topological polar surface area (TPSA) is 29.5 Å². The van der Waals surface area contributed by atoms with Gasteiger partial charge in [-0.25, -0.2) is 0 Å². The molecule has 0 radical (unpaired) electrons. The summed E-state index contributed by atoms with van der Waals surface area (Å²) in [4.78, 5) is 14.4. The number of likely N-dealkylation sites (N-methyl/N-ethyl adjacent to an activating group) is 1. The molecule has 4 heteroatoms. The second-order valence-electron chi connectivity index (χ2n) is 5.73. The average Bonchev–Trinajstić information content (AvgIpc) is 2.56. The van der Waals surface area contributed by atoms with Gasteiger partial charge in [0.15, 0.2) is 0 Å². The molecule has 1 aliphatic rings. The summed E-state index contributed by atoms with van der Waals surface area (Å²) in [5.41, 5.74) is 3.30. The highest BCUT2D eigenvalue weighted by Crippen LogP contribution is 2.38. The smallest absolute Gasteiger partial charge is 0.230 e. The van der Waals surface area contributed by atoms with Crippen molar-refractivity contribution < 1.29 is 9.53 Å². The van der Waals surface area contributed by atoms with Gasteiger partial charge in [0, 0.05) is 13.6 Å². The lowest BCUT2D eigenvalue weighted by atomic mass is 9.90. The molecule has 1 aliphatic heterocycles. The first-order chi connectivity index (χ1) is 9.95. The van der Waals surface area contributed by atoms with E-state index in [0.717, 1.165) is 17.5 Å². The zero-order valence-corrected chi connectivity index (χ0v) is 13.8. The van der Waals surface area contributed by atoms with Crippen molar-refractivity contribution >= 4 is 17.5 Å². The summed E-state index contributed by atoms with van der Waals surface area (Å²) in [5, 5.41) is 0.639. The number of carbonyl (C=O) groups is 1. The van der Waals surface area contributed by atoms with Crippen molar-refractivity contribution in [1.29, 1.82) is 0 Å². The number of nitrogens with zero attached hydrogens (tertiary/aromatic N) is 1. The van der Waals surface area contributed by atoms with E-state index in [0.29, 0.717) is 23.7 Å². The van der Waals surface area contributed by atoms with Crippen LogP contribution < -0.4 is 4.74 Å². The van der Waals surface area contributed by atoms with Crippen molar-refractivity contribution in [3.8, 4) is 5.75 Å². The maximum atomic E-state index is 12.6. The summed E-state index contributed by atoms with van der Waals surface area (Å²) in [5.74, 6) is 0.673. The van der Waals surface area contributed by atoms with Gasteiger partial charge in [0.25, 0.3) is 0 Å². The molecule has 21 heavy (non-hydrogen) atoms. The second-order valence-corrected chi connectivity index (χ2v) is 6.11. The third-order valence-electron chi connectivity index (χ3n) is 3.97. The van der Waals surface area contributed by atoms with Gasteiger partial charge in [-0.1, -0.05) is 29.3 Å². The molecule has 1 heterocycles. The first-order valence-corrected chi connectivity index (χ1v) is 7.57. The van der Waals surface area contributed by atoms with Gasteiger partial charge in [0.05, 0.1) is 18.1 Å². The molecule has 0 spiro atoms. The van der Waals surface area contributed by atoms with Crippen LogP contribution in [-0.2, 0) is 11.2 Å². The normalized spacial score (nSPS) is 18.0. The Kier molecular flexibility index (Phi) is 4.94. The molecule has 0 saturated carbocycles. The number of fused-ring (bicyclic) bond motifs is 1. The number of hydrogen-bond donors (Lipinski definition) is 0. The Morgan fingerprint density at radius 1 is 1.48 bits per heavy atom. The summed E-state index contributed by atoms with van der Waals surface area (Å²) >= 11 is 6.45. The van der Waals surface area contributed by atoms with Crippen molar-refractivity contribution in [3.05, 3.63) is 39.9 Å². The van der Waals surface area contributed by atoms with Crippen LogP contribution in [-0.4, -0.2) is 31.5 Å². The zero-order valence-electron chi connectivity index (χ0n) is 13.1. The van der Waals surface area contributed by atoms with Crippen molar-refractivity contribution in [2.45, 2.75) is 32.6 Å². The van der Waals surface area contributed by atoms with E-state index in [9.17, 15) is 4.79 Å². The fourth-order valence-electron chi connectivity index (χ4n) is 2.72. The van der Waals surface area contributed by atoms with E-state index in [1.54, 1.807) is 12.0 Å². The Morgan fingerprint density at radius 2 is 2.19 bits per heavy atom. The van der Waals surface area contributed by atoms with E-state index in [2.05, 4.69) is 6.08 Å². The number of ether oxygens (including phenoxy) is 1. The van der Waals surface area contributed by atoms with Crippen molar-refractivity contribution in [2.24, 2.45) is 0 Å². The van der Waals surface area contributed by atoms with E-state index < -0.39 is 0 Å². The van der Waals surface area contributed by atoms with Crippen LogP contribution in [0.4, 0.5) is 0 Å². The number of rotatable bonds is 3. The molecular weight excluding hydrogens is 286 g/mol. The largest absolute Gasteiger partial charge is 0.495 e. The molecule has 3 nitrogen and oxygen atoms in total. The maximum Gasteiger partial charge on any atom is 0.230 e. The van der Waals surface area contributed by atoms with Gasteiger partial charge >= 0.3 is 0 Å². The van der Waals surface area contributed by atoms with E-state index in [4.69, 9.17) is 16.3 Å². The minimum Gasteiger partial charge on any atom is -0.495 e. The standard InChI is InChI=1S/C17H22ClNO2/c1-11(2)5-6-14-12-7-8-15(21-4)16(18)13(12)9-10-19(3)17(14)20/h5,7-8,14H,6,9-10H2,1-4H3. The van der Waals surface area contributed by atoms with Crippen LogP contribution in [0.1, 0.15) is 37.3 Å². The molecule has 0 aromatic heterocycles. The Bertz CT molecular complexity index is 576. The summed E-state index contributed by atoms with van der Waals surface area (Å²) in [6, 6.07) is 3.84. The average molecular weight is 308 g/mol. The van der Waals surface area contributed by atoms with Crippen LogP contribution in [0.2, 0.25) is 5.02 Å². The minimum absolute atomic E-state index is 0.160. The lowest BCUT2D eigenvalue weighted by molar-refractivity contribution is -0.131. The van der Waals surface area contributed by atoms with E-state index in [1.165, 1.54) is 5.57 Å². The highest BCUT2D eigenvalue weighted by molar-refractivity contribution is 6.33. The fourth-order valence-corrected chi connectivity index (χ4v) is 3.07. The maximum absolute atomic E-state index is 12.6. The van der Waals surface area contributed by atoms with Crippen LogP contribution in [0, 0.1) is 0 Å². The summed E-state index contributed by atoms with van der Waals surface area (Å²) in [6.45, 7) is 4.78. The van der Waals surface area contributed by atoms with Crippen molar-refractivity contribution in [2.75, 3.05) is 20.7 Å². The van der Waals surface area contributed by atoms with Gasteiger partial charge in [0.2, 0.25) is 5.91 Å². The van der Waals surface area contributed by atoms with Crippen LogP contribution in [0.15, 0.2) is 23.8 Å². The number of carbonyl (C=O) groups excluding carboxylic acids is 1. The Hall–Kier alpha value is -1.48. The van der Waals surface area contributed by atoms with Gasteiger partial charge in [-0.15, -0.1) is 0 Å². The SMILES string of the molecule is COc1ccc2c(c1Cl)CCN(C)C(=O)C2CC=C(C)C. The number of amides is 1. The number of benzene rings is 1. The Labute approximate surface area is 131 Å². The van der Waals surface area contributed by atoms with E-state index in [1.807, 2.05) is 33.0 Å². The third-order valence-corrected chi connectivity index (χ3v) is 4.39. The molecule has 0 bridgehead atoms. The molecule has 1 aromatic rings. The second kappa shape index (κ2) is 6.52. The van der Waals surface area contributed by atoms with Crippen LogP contribution in [0.25, 0.3) is 0 Å². The van der Waals surface area contributed by atoms with Crippen molar-refractivity contribution in [1.82, 2.24) is 4.90 Å². The minimum atomic E-state index is -0.161. The number of hydrogen-bond acceptors (Lipinski definition) is 2. The van der Waals surface area contributed by atoms with Crippen LogP contribution in [0.3, 0.4) is 0 Å². The quantitative estimate of drug-likeness (QED) is 0.795. The van der Waals surface area contributed by atoms with Gasteiger partial charge in [-0.2, -0.15) is 0 Å². The van der Waals surface area contributed by atoms with Crippen molar-refractivity contribution in [3.63, 3.8) is 0 Å². The number of allylic oxidation sites excluding steroid dienone is 2. The molecule has 114 valence electrons. The highest BCUT2D eigenvalue weighted by Gasteiger charge is 2.30. The first kappa shape index (κ1) is 15.9. The first-order valence-electron chi connectivity index (χ1n) is 7.19. The predicted octanol–water partition coefficient (Wildman–Crippen LogP) is 3.80. The number of halogens is 1. The lowest BCUT2D eigenvalue weighted by Crippen LogP contribution is -2.30. The molecule has 2 rings (SSSR count). The van der Waals surface area contributed by atoms with E-state index >= 15 is 0 Å². The molecule has 1 aromatic carbocycles. The van der Waals surface area contributed by atoms with Gasteiger partial charge < -0.3 is 9.64 Å². The molecule has 1 unspecified atom stereocenters. The fraction of sp³-hybridized carbons (Fsp3) is 0.471. The molecule has 0 aliphatic carbocycles. The zero-order chi connectivity index (χ0) is 15.6. The lowest BCUT2D eigenvalue weighted by Gasteiger charge is -2.20. The van der Waals surface area contributed by atoms with Crippen LogP contribution >= 0.6 is 11.6 Å². The predicted molar refractivity (Wildman–Crippen MR) is 86.1 cm³/mol. The van der Waals surface area contributed by atoms with Gasteiger partial charge in [-0.3, -0.25) is 4.79 Å². The summed E-state index contributed by atoms with van der Waals surface area (Å²) < 4.78 is 5.30. The highest BCUT2D eigenvalue weighted by atomic mass is 35.5. The van der Waals surface area contributed by atoms with Crippen LogP contribution in [0.5, 0.6) is 5.75 Å². The van der Waals surface area contributed by atoms with E-state index in [-0.39, 0.29) is 11.8 Å². The Balaban J connectivity index is 2.51. The number of methoxy groups -OCH3 is 1.